The van der Waals surface area contributed by atoms with Crippen LogP contribution in [0.4, 0.5) is 0 Å². The molecule has 0 saturated carbocycles. The highest BCUT2D eigenvalue weighted by atomic mass is 35.5. The lowest BCUT2D eigenvalue weighted by Gasteiger charge is -2.12. The van der Waals surface area contributed by atoms with Crippen molar-refractivity contribution in [3.63, 3.8) is 0 Å². The fraction of sp³-hybridized carbons (Fsp3) is 0.571. The molecule has 1 aromatic heterocycles. The third kappa shape index (κ3) is 3.71. The molecule has 1 N–H and O–H groups in total. The van der Waals surface area contributed by atoms with Crippen LogP contribution in [0.1, 0.15) is 9.80 Å². The van der Waals surface area contributed by atoms with Crippen LogP contribution in [0.25, 0.3) is 0 Å². The summed E-state index contributed by atoms with van der Waals surface area (Å²) in [6.45, 7) is 0.239. The second-order valence-corrected chi connectivity index (χ2v) is 4.03. The number of carbonyl (C=O) groups is 1. The van der Waals surface area contributed by atoms with E-state index in [0.29, 0.717) is 0 Å². The second kappa shape index (κ2) is 5.96. The fourth-order valence-electron chi connectivity index (χ4n) is 0.812. The Kier molecular flexibility index (Phi) is 4.89. The number of hydrogen-bond donors (Lipinski definition) is 1. The van der Waals surface area contributed by atoms with Gasteiger partial charge < -0.3 is 14.8 Å². The molecule has 1 heterocycles. The van der Waals surface area contributed by atoms with Crippen LogP contribution in [0.5, 0.6) is 0 Å². The van der Waals surface area contributed by atoms with Gasteiger partial charge in [-0.2, -0.15) is 0 Å². The van der Waals surface area contributed by atoms with Gasteiger partial charge in [-0.3, -0.25) is 4.79 Å². The molecule has 0 spiro atoms. The van der Waals surface area contributed by atoms with Gasteiger partial charge in [-0.1, -0.05) is 11.3 Å². The van der Waals surface area contributed by atoms with Crippen molar-refractivity contribution in [1.82, 2.24) is 15.5 Å². The third-order valence-electron chi connectivity index (χ3n) is 1.55. The highest BCUT2D eigenvalue weighted by Gasteiger charge is 2.13. The molecular formula is C7H10ClN3O3S. The monoisotopic (exact) mass is 251 g/mol. The van der Waals surface area contributed by atoms with Gasteiger partial charge in [0, 0.05) is 14.2 Å². The first kappa shape index (κ1) is 12.3. The standard InChI is InChI=1S/C7H10ClN3O3S/c1-13-4(14-2)3-9-5(12)6-10-11-7(8)15-6/h4H,3H2,1-2H3,(H,9,12). The lowest BCUT2D eigenvalue weighted by atomic mass is 10.5. The summed E-state index contributed by atoms with van der Waals surface area (Å²) in [5.74, 6) is -0.349. The van der Waals surface area contributed by atoms with Gasteiger partial charge >= 0.3 is 0 Å². The summed E-state index contributed by atoms with van der Waals surface area (Å²) in [4.78, 5) is 11.4. The van der Waals surface area contributed by atoms with Crippen molar-refractivity contribution in [2.75, 3.05) is 20.8 Å². The molecule has 0 radical (unpaired) electrons. The van der Waals surface area contributed by atoms with E-state index < -0.39 is 6.29 Å². The van der Waals surface area contributed by atoms with E-state index in [-0.39, 0.29) is 21.9 Å². The number of nitrogens with zero attached hydrogens (tertiary/aromatic N) is 2. The number of hydrogen-bond acceptors (Lipinski definition) is 6. The summed E-state index contributed by atoms with van der Waals surface area (Å²) >= 11 is 6.55. The first-order chi connectivity index (χ1) is 7.17. The minimum Gasteiger partial charge on any atom is -0.354 e. The molecule has 1 aromatic rings. The summed E-state index contributed by atoms with van der Waals surface area (Å²) in [5.41, 5.74) is 0. The lowest BCUT2D eigenvalue weighted by molar-refractivity contribution is -0.0974. The molecule has 0 aromatic carbocycles. The maximum atomic E-state index is 11.4. The molecule has 0 atom stereocenters. The predicted molar refractivity (Wildman–Crippen MR) is 55.1 cm³/mol. The zero-order valence-corrected chi connectivity index (χ0v) is 9.76. The van der Waals surface area contributed by atoms with E-state index in [0.717, 1.165) is 11.3 Å². The van der Waals surface area contributed by atoms with Gasteiger partial charge in [0.05, 0.1) is 6.54 Å². The molecule has 84 valence electrons. The quantitative estimate of drug-likeness (QED) is 0.774. The fourth-order valence-corrected chi connectivity index (χ4v) is 1.56. The average Bonchev–Trinajstić information content (AvgIpc) is 2.66. The molecule has 8 heteroatoms. The molecule has 0 aliphatic heterocycles. The SMILES string of the molecule is COC(CNC(=O)c1nnc(Cl)s1)OC. The van der Waals surface area contributed by atoms with Gasteiger partial charge in [-0.15, -0.1) is 10.2 Å². The van der Waals surface area contributed by atoms with Crippen molar-refractivity contribution < 1.29 is 14.3 Å². The highest BCUT2D eigenvalue weighted by molar-refractivity contribution is 7.17. The molecule has 15 heavy (non-hydrogen) atoms. The Hall–Kier alpha value is -0.760. The van der Waals surface area contributed by atoms with Crippen LogP contribution in [-0.4, -0.2) is 43.2 Å². The van der Waals surface area contributed by atoms with Crippen molar-refractivity contribution in [2.24, 2.45) is 0 Å². The first-order valence-corrected chi connectivity index (χ1v) is 5.19. The third-order valence-corrected chi connectivity index (χ3v) is 2.57. The summed E-state index contributed by atoms with van der Waals surface area (Å²) in [6.07, 6.45) is -0.475. The predicted octanol–water partition coefficient (Wildman–Crippen LogP) is 0.540. The van der Waals surface area contributed by atoms with Crippen molar-refractivity contribution in [1.29, 1.82) is 0 Å². The number of rotatable bonds is 5. The molecular weight excluding hydrogens is 242 g/mol. The van der Waals surface area contributed by atoms with Crippen LogP contribution in [0.2, 0.25) is 4.47 Å². The summed E-state index contributed by atoms with van der Waals surface area (Å²) < 4.78 is 10.0. The number of carbonyl (C=O) groups excluding carboxylic acids is 1. The van der Waals surface area contributed by atoms with Crippen LogP contribution in [0.3, 0.4) is 0 Å². The lowest BCUT2D eigenvalue weighted by Crippen LogP contribution is -2.34. The topological polar surface area (TPSA) is 73.3 Å². The van der Waals surface area contributed by atoms with Crippen molar-refractivity contribution in [3.05, 3.63) is 9.47 Å². The van der Waals surface area contributed by atoms with Gasteiger partial charge in [0.25, 0.3) is 5.91 Å². The van der Waals surface area contributed by atoms with Crippen LogP contribution < -0.4 is 5.32 Å². The van der Waals surface area contributed by atoms with E-state index in [1.165, 1.54) is 14.2 Å². The number of nitrogens with one attached hydrogen (secondary N) is 1. The van der Waals surface area contributed by atoms with Gasteiger partial charge in [0.1, 0.15) is 0 Å². The largest absolute Gasteiger partial charge is 0.354 e. The molecule has 0 saturated heterocycles. The van der Waals surface area contributed by atoms with E-state index in [2.05, 4.69) is 15.5 Å². The highest BCUT2D eigenvalue weighted by Crippen LogP contribution is 2.14. The van der Waals surface area contributed by atoms with Crippen LogP contribution in [-0.2, 0) is 9.47 Å². The smallest absolute Gasteiger partial charge is 0.282 e. The number of amides is 1. The molecule has 0 fully saturated rings. The van der Waals surface area contributed by atoms with Crippen LogP contribution in [0, 0.1) is 0 Å². The zero-order chi connectivity index (χ0) is 11.3. The van der Waals surface area contributed by atoms with Crippen LogP contribution in [0.15, 0.2) is 0 Å². The van der Waals surface area contributed by atoms with Crippen molar-refractivity contribution in [2.45, 2.75) is 6.29 Å². The minimum absolute atomic E-state index is 0.214. The number of aromatic nitrogens is 2. The molecule has 1 amide bonds. The molecule has 0 aliphatic carbocycles. The van der Waals surface area contributed by atoms with E-state index in [1.54, 1.807) is 0 Å². The summed E-state index contributed by atoms with van der Waals surface area (Å²) in [7, 11) is 2.98. The van der Waals surface area contributed by atoms with Gasteiger partial charge in [-0.25, -0.2) is 0 Å². The number of methoxy groups -OCH3 is 2. The Labute approximate surface area is 95.5 Å². The maximum absolute atomic E-state index is 11.4. The first-order valence-electron chi connectivity index (χ1n) is 4.00. The zero-order valence-electron chi connectivity index (χ0n) is 8.19. The van der Waals surface area contributed by atoms with E-state index >= 15 is 0 Å². The molecule has 0 unspecified atom stereocenters. The van der Waals surface area contributed by atoms with Gasteiger partial charge in [-0.05, 0) is 11.6 Å². The Morgan fingerprint density at radius 1 is 1.53 bits per heavy atom. The Morgan fingerprint density at radius 2 is 2.20 bits per heavy atom. The molecule has 1 rings (SSSR count). The summed E-state index contributed by atoms with van der Waals surface area (Å²) in [6, 6.07) is 0. The molecule has 0 bridgehead atoms. The second-order valence-electron chi connectivity index (χ2n) is 2.47. The van der Waals surface area contributed by atoms with Gasteiger partial charge in [0.2, 0.25) is 9.47 Å². The number of ether oxygens (including phenoxy) is 2. The Morgan fingerprint density at radius 3 is 2.67 bits per heavy atom. The number of halogens is 1. The van der Waals surface area contributed by atoms with E-state index in [9.17, 15) is 4.79 Å². The maximum Gasteiger partial charge on any atom is 0.282 e. The van der Waals surface area contributed by atoms with Crippen LogP contribution >= 0.6 is 22.9 Å². The van der Waals surface area contributed by atoms with Crippen molar-refractivity contribution >= 4 is 28.8 Å². The normalized spacial score (nSPS) is 10.7. The summed E-state index contributed by atoms with van der Waals surface area (Å²) in [5, 5.41) is 9.89. The molecule has 0 aliphatic rings. The minimum atomic E-state index is -0.475. The van der Waals surface area contributed by atoms with Gasteiger partial charge in [0.15, 0.2) is 6.29 Å². The average molecular weight is 252 g/mol. The van der Waals surface area contributed by atoms with Crippen molar-refractivity contribution in [3.8, 4) is 0 Å². The Balaban J connectivity index is 2.42. The van der Waals surface area contributed by atoms with E-state index in [4.69, 9.17) is 21.1 Å². The molecule has 6 nitrogen and oxygen atoms in total. The van der Waals surface area contributed by atoms with E-state index in [1.807, 2.05) is 0 Å². The Bertz CT molecular complexity index is 329.